The molecular formula is C9H19N. The molecule has 0 radical (unpaired) electrons. The zero-order chi connectivity index (χ0) is 7.40. The van der Waals surface area contributed by atoms with Gasteiger partial charge in [0.2, 0.25) is 0 Å². The fourth-order valence-corrected chi connectivity index (χ4v) is 1.99. The molecule has 60 valence electrons. The van der Waals surface area contributed by atoms with Gasteiger partial charge in [0, 0.05) is 0 Å². The molecule has 1 aliphatic rings. The van der Waals surface area contributed by atoms with Gasteiger partial charge in [0.1, 0.15) is 0 Å². The summed E-state index contributed by atoms with van der Waals surface area (Å²) in [7, 11) is 0. The SMILES string of the molecule is CC[C@@H]1CNCC[C@@H]1CC. The van der Waals surface area contributed by atoms with E-state index in [1.165, 1.54) is 32.4 Å². The summed E-state index contributed by atoms with van der Waals surface area (Å²) in [5.74, 6) is 1.96. The fraction of sp³-hybridized carbons (Fsp3) is 1.00. The zero-order valence-corrected chi connectivity index (χ0v) is 7.19. The Morgan fingerprint density at radius 3 is 2.40 bits per heavy atom. The van der Waals surface area contributed by atoms with Crippen molar-refractivity contribution >= 4 is 0 Å². The molecule has 1 saturated heterocycles. The van der Waals surface area contributed by atoms with E-state index in [1.54, 1.807) is 0 Å². The van der Waals surface area contributed by atoms with Crippen LogP contribution in [-0.4, -0.2) is 13.1 Å². The summed E-state index contributed by atoms with van der Waals surface area (Å²) in [6.45, 7) is 7.13. The van der Waals surface area contributed by atoms with Gasteiger partial charge >= 0.3 is 0 Å². The van der Waals surface area contributed by atoms with Gasteiger partial charge < -0.3 is 5.32 Å². The minimum atomic E-state index is 0.957. The van der Waals surface area contributed by atoms with Crippen LogP contribution in [0.15, 0.2) is 0 Å². The molecule has 0 spiro atoms. The molecular weight excluding hydrogens is 122 g/mol. The predicted molar refractivity (Wildman–Crippen MR) is 45.0 cm³/mol. The van der Waals surface area contributed by atoms with Gasteiger partial charge in [-0.2, -0.15) is 0 Å². The molecule has 0 aromatic carbocycles. The summed E-state index contributed by atoms with van der Waals surface area (Å²) >= 11 is 0. The van der Waals surface area contributed by atoms with Gasteiger partial charge in [0.25, 0.3) is 0 Å². The van der Waals surface area contributed by atoms with E-state index in [2.05, 4.69) is 19.2 Å². The maximum atomic E-state index is 3.45. The molecule has 10 heavy (non-hydrogen) atoms. The molecule has 0 aliphatic carbocycles. The van der Waals surface area contributed by atoms with E-state index in [4.69, 9.17) is 0 Å². The molecule has 0 aromatic rings. The first-order valence-electron chi connectivity index (χ1n) is 4.59. The van der Waals surface area contributed by atoms with Crippen molar-refractivity contribution in [2.45, 2.75) is 33.1 Å². The Bertz CT molecular complexity index is 78.7. The molecule has 0 bridgehead atoms. The summed E-state index contributed by atoms with van der Waals surface area (Å²) in [6, 6.07) is 0. The Morgan fingerprint density at radius 2 is 1.90 bits per heavy atom. The molecule has 1 nitrogen and oxygen atoms in total. The van der Waals surface area contributed by atoms with Crippen LogP contribution in [0.4, 0.5) is 0 Å². The molecule has 1 rings (SSSR count). The van der Waals surface area contributed by atoms with Gasteiger partial charge in [-0.3, -0.25) is 0 Å². The lowest BCUT2D eigenvalue weighted by Crippen LogP contribution is -2.35. The van der Waals surface area contributed by atoms with Crippen LogP contribution < -0.4 is 5.32 Å². The van der Waals surface area contributed by atoms with E-state index >= 15 is 0 Å². The molecule has 1 aliphatic heterocycles. The summed E-state index contributed by atoms with van der Waals surface area (Å²) < 4.78 is 0. The highest BCUT2D eigenvalue weighted by Gasteiger charge is 2.20. The van der Waals surface area contributed by atoms with Gasteiger partial charge in [0.15, 0.2) is 0 Å². The Labute approximate surface area is 64.2 Å². The Morgan fingerprint density at radius 1 is 1.20 bits per heavy atom. The van der Waals surface area contributed by atoms with Crippen molar-refractivity contribution in [1.29, 1.82) is 0 Å². The Kier molecular flexibility index (Phi) is 3.20. The van der Waals surface area contributed by atoms with Crippen LogP contribution in [0.2, 0.25) is 0 Å². The summed E-state index contributed by atoms with van der Waals surface area (Å²) in [4.78, 5) is 0. The smallest absolute Gasteiger partial charge is 0.00180 e. The lowest BCUT2D eigenvalue weighted by atomic mass is 9.83. The maximum Gasteiger partial charge on any atom is -0.00180 e. The van der Waals surface area contributed by atoms with Crippen LogP contribution in [0.25, 0.3) is 0 Å². The molecule has 0 amide bonds. The van der Waals surface area contributed by atoms with Crippen molar-refractivity contribution in [1.82, 2.24) is 5.32 Å². The number of nitrogens with one attached hydrogen (secondary N) is 1. The van der Waals surface area contributed by atoms with E-state index in [1.807, 2.05) is 0 Å². The Balaban J connectivity index is 2.34. The monoisotopic (exact) mass is 141 g/mol. The van der Waals surface area contributed by atoms with Crippen LogP contribution in [0.1, 0.15) is 33.1 Å². The van der Waals surface area contributed by atoms with Crippen LogP contribution in [0.3, 0.4) is 0 Å². The largest absolute Gasteiger partial charge is 0.316 e. The van der Waals surface area contributed by atoms with Crippen molar-refractivity contribution in [3.63, 3.8) is 0 Å². The minimum absolute atomic E-state index is 0.957. The second kappa shape index (κ2) is 3.97. The highest BCUT2D eigenvalue weighted by molar-refractivity contribution is 4.75. The molecule has 1 heteroatoms. The highest BCUT2D eigenvalue weighted by atomic mass is 14.9. The fourth-order valence-electron chi connectivity index (χ4n) is 1.99. The number of rotatable bonds is 2. The van der Waals surface area contributed by atoms with Crippen LogP contribution in [0.5, 0.6) is 0 Å². The van der Waals surface area contributed by atoms with Crippen molar-refractivity contribution < 1.29 is 0 Å². The summed E-state index contributed by atoms with van der Waals surface area (Å²) in [5, 5.41) is 3.45. The summed E-state index contributed by atoms with van der Waals surface area (Å²) in [5.41, 5.74) is 0. The lowest BCUT2D eigenvalue weighted by Gasteiger charge is -2.30. The summed E-state index contributed by atoms with van der Waals surface area (Å²) in [6.07, 6.45) is 4.13. The third-order valence-corrected chi connectivity index (χ3v) is 2.81. The standard InChI is InChI=1S/C9H19N/c1-3-8-5-6-10-7-9(8)4-2/h8-10H,3-7H2,1-2H3/t8-,9+/m0/s1. The number of piperidine rings is 1. The molecule has 1 N–H and O–H groups in total. The molecule has 1 heterocycles. The van der Waals surface area contributed by atoms with E-state index in [0.29, 0.717) is 0 Å². The average molecular weight is 141 g/mol. The predicted octanol–water partition coefficient (Wildman–Crippen LogP) is 2.03. The molecule has 1 fully saturated rings. The Hall–Kier alpha value is -0.0400. The zero-order valence-electron chi connectivity index (χ0n) is 7.19. The second-order valence-electron chi connectivity index (χ2n) is 3.33. The molecule has 0 saturated carbocycles. The van der Waals surface area contributed by atoms with E-state index in [-0.39, 0.29) is 0 Å². The van der Waals surface area contributed by atoms with Gasteiger partial charge in [-0.1, -0.05) is 26.7 Å². The molecule has 0 aromatic heterocycles. The third kappa shape index (κ3) is 1.72. The van der Waals surface area contributed by atoms with Gasteiger partial charge in [-0.15, -0.1) is 0 Å². The van der Waals surface area contributed by atoms with Crippen molar-refractivity contribution in [3.8, 4) is 0 Å². The number of hydrogen-bond acceptors (Lipinski definition) is 1. The lowest BCUT2D eigenvalue weighted by molar-refractivity contribution is 0.241. The topological polar surface area (TPSA) is 12.0 Å². The normalized spacial score (nSPS) is 34.2. The van der Waals surface area contributed by atoms with Crippen molar-refractivity contribution in [3.05, 3.63) is 0 Å². The average Bonchev–Trinajstić information content (AvgIpc) is 2.04. The van der Waals surface area contributed by atoms with Crippen molar-refractivity contribution in [2.24, 2.45) is 11.8 Å². The second-order valence-corrected chi connectivity index (χ2v) is 3.33. The van der Waals surface area contributed by atoms with Crippen LogP contribution in [0, 0.1) is 11.8 Å². The quantitative estimate of drug-likeness (QED) is 0.620. The first-order valence-corrected chi connectivity index (χ1v) is 4.59. The van der Waals surface area contributed by atoms with Crippen LogP contribution >= 0.6 is 0 Å². The van der Waals surface area contributed by atoms with Gasteiger partial charge in [-0.25, -0.2) is 0 Å². The number of hydrogen-bond donors (Lipinski definition) is 1. The maximum absolute atomic E-state index is 3.45. The van der Waals surface area contributed by atoms with Gasteiger partial charge in [-0.05, 0) is 31.3 Å². The van der Waals surface area contributed by atoms with E-state index in [9.17, 15) is 0 Å². The molecule has 2 atom stereocenters. The van der Waals surface area contributed by atoms with Gasteiger partial charge in [0.05, 0.1) is 0 Å². The van der Waals surface area contributed by atoms with Crippen LogP contribution in [-0.2, 0) is 0 Å². The highest BCUT2D eigenvalue weighted by Crippen LogP contribution is 2.24. The molecule has 0 unspecified atom stereocenters. The third-order valence-electron chi connectivity index (χ3n) is 2.81. The van der Waals surface area contributed by atoms with Crippen molar-refractivity contribution in [2.75, 3.05) is 13.1 Å². The first-order chi connectivity index (χ1) is 4.88. The first kappa shape index (κ1) is 8.06. The van der Waals surface area contributed by atoms with E-state index < -0.39 is 0 Å². The van der Waals surface area contributed by atoms with E-state index in [0.717, 1.165) is 11.8 Å². The minimum Gasteiger partial charge on any atom is -0.316 e.